The number of aromatic nitrogens is 3. The van der Waals surface area contributed by atoms with Gasteiger partial charge in [-0.1, -0.05) is 87.8 Å². The van der Waals surface area contributed by atoms with Crippen molar-refractivity contribution in [2.75, 3.05) is 5.32 Å². The van der Waals surface area contributed by atoms with E-state index in [9.17, 15) is 0 Å². The molecule has 0 atom stereocenters. The second-order valence-electron chi connectivity index (χ2n) is 7.10. The molecule has 0 fully saturated rings. The molecule has 36 heavy (non-hydrogen) atoms. The Labute approximate surface area is 237 Å². The number of hydrogen-bond acceptors (Lipinski definition) is 6. The summed E-state index contributed by atoms with van der Waals surface area (Å²) in [6.07, 6.45) is 2.93. The van der Waals surface area contributed by atoms with E-state index in [-0.39, 0.29) is 24.4 Å². The molecular weight excluding hydrogens is 585 g/mol. The zero-order valence-electron chi connectivity index (χ0n) is 18.1. The smallest absolute Gasteiger partial charge is 0.256 e. The Hall–Kier alpha value is -2.45. The lowest BCUT2D eigenvalue weighted by Crippen LogP contribution is -2.05. The summed E-state index contributed by atoms with van der Waals surface area (Å²) in [5.74, 6) is 0.313. The number of aliphatic imine (C=N–C) groups is 2. The first-order valence-electron chi connectivity index (χ1n) is 10.2. The average Bonchev–Trinajstić information content (AvgIpc) is 2.83. The van der Waals surface area contributed by atoms with E-state index >= 15 is 0 Å². The van der Waals surface area contributed by atoms with Gasteiger partial charge in [0.1, 0.15) is 0 Å². The van der Waals surface area contributed by atoms with Gasteiger partial charge in [0.05, 0.1) is 20.1 Å². The zero-order chi connectivity index (χ0) is 25.7. The number of hydrogen-bond donors (Lipinski definition) is 1. The van der Waals surface area contributed by atoms with Crippen molar-refractivity contribution in [2.45, 2.75) is 6.54 Å². The van der Waals surface area contributed by atoms with Crippen LogP contribution in [0.5, 0.6) is 0 Å². The Bertz CT molecular complexity index is 1330. The summed E-state index contributed by atoms with van der Waals surface area (Å²) >= 11 is 37.5. The summed E-state index contributed by atoms with van der Waals surface area (Å²) in [7, 11) is 0. The Balaban J connectivity index is 1.69. The summed E-state index contributed by atoms with van der Waals surface area (Å²) in [6, 6.07) is 15.5. The molecule has 0 saturated heterocycles. The first-order chi connectivity index (χ1) is 17.3. The van der Waals surface area contributed by atoms with Crippen LogP contribution in [-0.4, -0.2) is 27.4 Å². The second-order valence-corrected chi connectivity index (χ2v) is 9.54. The van der Waals surface area contributed by atoms with E-state index in [1.807, 2.05) is 0 Å². The molecule has 0 saturated carbocycles. The van der Waals surface area contributed by atoms with Crippen molar-refractivity contribution < 1.29 is 0 Å². The van der Waals surface area contributed by atoms with Crippen LogP contribution < -0.4 is 5.32 Å². The molecule has 1 heterocycles. The lowest BCUT2D eigenvalue weighted by Gasteiger charge is -2.09. The number of rotatable bonds is 7. The summed E-state index contributed by atoms with van der Waals surface area (Å²) in [5, 5.41) is 5.80. The van der Waals surface area contributed by atoms with Crippen molar-refractivity contribution in [3.63, 3.8) is 0 Å². The minimum atomic E-state index is 0.0612. The molecule has 3 aromatic carbocycles. The van der Waals surface area contributed by atoms with Gasteiger partial charge < -0.3 is 5.32 Å². The van der Waals surface area contributed by atoms with E-state index in [4.69, 9.17) is 69.6 Å². The van der Waals surface area contributed by atoms with Gasteiger partial charge in [-0.2, -0.15) is 15.0 Å². The maximum Gasteiger partial charge on any atom is 0.256 e. The van der Waals surface area contributed by atoms with Gasteiger partial charge >= 0.3 is 0 Å². The van der Waals surface area contributed by atoms with Crippen molar-refractivity contribution in [1.82, 2.24) is 15.0 Å². The molecule has 0 aliphatic rings. The Morgan fingerprint density at radius 2 is 0.972 bits per heavy atom. The third kappa shape index (κ3) is 6.65. The molecule has 0 unspecified atom stereocenters. The lowest BCUT2D eigenvalue weighted by atomic mass is 10.2. The molecule has 4 rings (SSSR count). The highest BCUT2D eigenvalue weighted by molar-refractivity contribution is 6.39. The second kappa shape index (κ2) is 12.2. The summed E-state index contributed by atoms with van der Waals surface area (Å²) < 4.78 is 0. The van der Waals surface area contributed by atoms with Gasteiger partial charge in [0.2, 0.25) is 5.95 Å². The zero-order valence-corrected chi connectivity index (χ0v) is 22.6. The van der Waals surface area contributed by atoms with E-state index in [1.165, 1.54) is 12.4 Å². The third-order valence-electron chi connectivity index (χ3n) is 4.71. The standard InChI is InChI=1S/C24H14Cl6N6/c25-16-4-1-5-17(26)13(16)10-31-22-34-23(32-11-14-18(27)6-2-7-19(14)28)36-24(35-22)33-12-15-20(29)8-3-9-21(15)30/h1-11H,12H2,(H,33,34,35,36)/b31-10+,32-11+. The minimum absolute atomic E-state index is 0.0612. The topological polar surface area (TPSA) is 75.4 Å². The molecule has 0 amide bonds. The highest BCUT2D eigenvalue weighted by Crippen LogP contribution is 2.27. The van der Waals surface area contributed by atoms with Gasteiger partial charge in [-0.05, 0) is 36.4 Å². The molecule has 0 radical (unpaired) electrons. The van der Waals surface area contributed by atoms with Gasteiger partial charge in [0.15, 0.2) is 0 Å². The van der Waals surface area contributed by atoms with Crippen LogP contribution in [0.2, 0.25) is 30.1 Å². The minimum Gasteiger partial charge on any atom is -0.350 e. The Kier molecular flexibility index (Phi) is 9.01. The molecule has 0 aliphatic carbocycles. The predicted octanol–water partition coefficient (Wildman–Crippen LogP) is 8.91. The van der Waals surface area contributed by atoms with Crippen LogP contribution in [0.3, 0.4) is 0 Å². The van der Waals surface area contributed by atoms with Gasteiger partial charge in [-0.25, -0.2) is 9.98 Å². The molecular formula is C24H14Cl6N6. The Morgan fingerprint density at radius 1 is 0.583 bits per heavy atom. The fourth-order valence-electron chi connectivity index (χ4n) is 2.93. The average molecular weight is 599 g/mol. The normalized spacial score (nSPS) is 11.5. The van der Waals surface area contributed by atoms with E-state index in [1.54, 1.807) is 54.6 Å². The highest BCUT2D eigenvalue weighted by Gasteiger charge is 2.10. The van der Waals surface area contributed by atoms with Gasteiger partial charge in [-0.15, -0.1) is 0 Å². The summed E-state index contributed by atoms with van der Waals surface area (Å²) in [4.78, 5) is 21.6. The van der Waals surface area contributed by atoms with E-state index in [0.29, 0.717) is 46.8 Å². The summed E-state index contributed by atoms with van der Waals surface area (Å²) in [5.41, 5.74) is 1.72. The van der Waals surface area contributed by atoms with Crippen LogP contribution in [0.1, 0.15) is 16.7 Å². The monoisotopic (exact) mass is 596 g/mol. The van der Waals surface area contributed by atoms with Crippen molar-refractivity contribution in [3.8, 4) is 0 Å². The molecule has 182 valence electrons. The highest BCUT2D eigenvalue weighted by atomic mass is 35.5. The molecule has 12 heteroatoms. The van der Waals surface area contributed by atoms with Crippen molar-refractivity contribution in [3.05, 3.63) is 101 Å². The SMILES string of the molecule is Clc1cccc(Cl)c1/C=N/c1nc(/N=C/c2c(Cl)cccc2Cl)nc(NCc2c(Cl)cccc2Cl)n1. The molecule has 4 aromatic rings. The number of nitrogens with one attached hydrogen (secondary N) is 1. The van der Waals surface area contributed by atoms with Crippen molar-refractivity contribution in [1.29, 1.82) is 0 Å². The van der Waals surface area contributed by atoms with Gasteiger partial charge in [0.25, 0.3) is 11.9 Å². The predicted molar refractivity (Wildman–Crippen MR) is 151 cm³/mol. The lowest BCUT2D eigenvalue weighted by molar-refractivity contribution is 0.993. The fraction of sp³-hybridized carbons (Fsp3) is 0.0417. The maximum absolute atomic E-state index is 6.28. The van der Waals surface area contributed by atoms with E-state index in [2.05, 4.69) is 30.3 Å². The molecule has 0 bridgehead atoms. The van der Waals surface area contributed by atoms with Crippen LogP contribution in [0, 0.1) is 0 Å². The quantitative estimate of drug-likeness (QED) is 0.216. The van der Waals surface area contributed by atoms with Gasteiger partial charge in [-0.3, -0.25) is 0 Å². The van der Waals surface area contributed by atoms with Crippen molar-refractivity contribution >= 4 is 99.9 Å². The molecule has 0 spiro atoms. The van der Waals surface area contributed by atoms with E-state index < -0.39 is 0 Å². The number of nitrogens with zero attached hydrogens (tertiary/aromatic N) is 5. The van der Waals surface area contributed by atoms with Crippen molar-refractivity contribution in [2.24, 2.45) is 9.98 Å². The van der Waals surface area contributed by atoms with E-state index in [0.717, 1.165) is 0 Å². The van der Waals surface area contributed by atoms with Crippen LogP contribution in [0.4, 0.5) is 17.8 Å². The maximum atomic E-state index is 6.28. The molecule has 1 N–H and O–H groups in total. The number of benzene rings is 3. The number of anilines is 1. The third-order valence-corrected chi connectivity index (χ3v) is 6.74. The number of halogens is 6. The molecule has 1 aromatic heterocycles. The first-order valence-corrected chi connectivity index (χ1v) is 12.5. The van der Waals surface area contributed by atoms with Gasteiger partial charge in [0, 0.05) is 45.7 Å². The summed E-state index contributed by atoms with van der Waals surface area (Å²) in [6.45, 7) is 0.251. The molecule has 6 nitrogen and oxygen atoms in total. The van der Waals surface area contributed by atoms with Crippen LogP contribution in [-0.2, 0) is 6.54 Å². The largest absolute Gasteiger partial charge is 0.350 e. The van der Waals surface area contributed by atoms with Crippen LogP contribution in [0.25, 0.3) is 0 Å². The molecule has 0 aliphatic heterocycles. The fourth-order valence-corrected chi connectivity index (χ4v) is 4.45. The Morgan fingerprint density at radius 3 is 1.39 bits per heavy atom. The van der Waals surface area contributed by atoms with Crippen LogP contribution >= 0.6 is 69.6 Å². The van der Waals surface area contributed by atoms with Crippen LogP contribution in [0.15, 0.2) is 64.6 Å². The first kappa shape index (κ1) is 26.6.